The fourth-order valence-electron chi connectivity index (χ4n) is 2.15. The van der Waals surface area contributed by atoms with Crippen LogP contribution in [0.3, 0.4) is 0 Å². The Hall–Kier alpha value is -0.610. The van der Waals surface area contributed by atoms with E-state index in [0.717, 1.165) is 0 Å². The highest BCUT2D eigenvalue weighted by Crippen LogP contribution is 2.32. The standard InChI is InChI=1S/C12H24N2O2/c1-7-8(2)16-9(3)10(7)11(15)14-6-12(4,5)13/h7-10H,6,13H2,1-5H3,(H,14,15). The van der Waals surface area contributed by atoms with Crippen LogP contribution < -0.4 is 11.1 Å². The van der Waals surface area contributed by atoms with Gasteiger partial charge in [0.05, 0.1) is 18.1 Å². The average molecular weight is 228 g/mol. The van der Waals surface area contributed by atoms with Gasteiger partial charge in [-0.15, -0.1) is 0 Å². The van der Waals surface area contributed by atoms with Crippen molar-refractivity contribution in [2.75, 3.05) is 6.54 Å². The SMILES string of the molecule is CC1OC(C)C(C(=O)NCC(C)(C)N)C1C. The summed E-state index contributed by atoms with van der Waals surface area (Å²) in [5, 5.41) is 2.90. The van der Waals surface area contributed by atoms with E-state index >= 15 is 0 Å². The van der Waals surface area contributed by atoms with E-state index in [9.17, 15) is 4.79 Å². The lowest BCUT2D eigenvalue weighted by atomic mass is 9.88. The molecule has 1 rings (SSSR count). The molecular weight excluding hydrogens is 204 g/mol. The van der Waals surface area contributed by atoms with Crippen LogP contribution in [0.5, 0.6) is 0 Å². The molecule has 0 radical (unpaired) electrons. The molecule has 1 amide bonds. The van der Waals surface area contributed by atoms with E-state index in [1.54, 1.807) is 0 Å². The molecule has 0 aromatic heterocycles. The van der Waals surface area contributed by atoms with Gasteiger partial charge >= 0.3 is 0 Å². The third kappa shape index (κ3) is 3.19. The first-order chi connectivity index (χ1) is 7.22. The molecule has 1 fully saturated rings. The zero-order valence-electron chi connectivity index (χ0n) is 10.9. The van der Waals surface area contributed by atoms with Crippen molar-refractivity contribution in [2.24, 2.45) is 17.6 Å². The van der Waals surface area contributed by atoms with Crippen molar-refractivity contribution in [1.29, 1.82) is 0 Å². The van der Waals surface area contributed by atoms with Gasteiger partial charge in [0.1, 0.15) is 0 Å². The first kappa shape index (κ1) is 13.5. The van der Waals surface area contributed by atoms with Gasteiger partial charge in [-0.05, 0) is 33.6 Å². The Balaban J connectivity index is 2.54. The van der Waals surface area contributed by atoms with E-state index in [0.29, 0.717) is 6.54 Å². The summed E-state index contributed by atoms with van der Waals surface area (Å²) in [6.07, 6.45) is 0.141. The normalized spacial score (nSPS) is 35.1. The van der Waals surface area contributed by atoms with Crippen molar-refractivity contribution in [3.8, 4) is 0 Å². The van der Waals surface area contributed by atoms with Crippen LogP contribution in [0.4, 0.5) is 0 Å². The molecule has 0 spiro atoms. The van der Waals surface area contributed by atoms with Crippen LogP contribution in [0.25, 0.3) is 0 Å². The largest absolute Gasteiger partial charge is 0.374 e. The first-order valence-electron chi connectivity index (χ1n) is 5.94. The molecule has 4 unspecified atom stereocenters. The summed E-state index contributed by atoms with van der Waals surface area (Å²) in [5.41, 5.74) is 5.47. The Labute approximate surface area is 97.9 Å². The monoisotopic (exact) mass is 228 g/mol. The topological polar surface area (TPSA) is 64.3 Å². The van der Waals surface area contributed by atoms with Gasteiger partial charge in [-0.3, -0.25) is 4.79 Å². The number of carbonyl (C=O) groups is 1. The predicted octanol–water partition coefficient (Wildman–Crippen LogP) is 0.899. The van der Waals surface area contributed by atoms with Gasteiger partial charge < -0.3 is 15.8 Å². The third-order valence-corrected chi connectivity index (χ3v) is 3.26. The van der Waals surface area contributed by atoms with Crippen LogP contribution >= 0.6 is 0 Å². The minimum atomic E-state index is -0.368. The molecule has 1 aliphatic rings. The number of rotatable bonds is 3. The van der Waals surface area contributed by atoms with E-state index in [1.165, 1.54) is 0 Å². The maximum atomic E-state index is 12.0. The summed E-state index contributed by atoms with van der Waals surface area (Å²) >= 11 is 0. The second kappa shape index (κ2) is 4.72. The quantitative estimate of drug-likeness (QED) is 0.754. The van der Waals surface area contributed by atoms with Gasteiger partial charge in [0.2, 0.25) is 5.91 Å². The second-order valence-corrected chi connectivity index (χ2v) is 5.64. The van der Waals surface area contributed by atoms with Crippen LogP contribution in [0.1, 0.15) is 34.6 Å². The molecule has 16 heavy (non-hydrogen) atoms. The van der Waals surface area contributed by atoms with Crippen LogP contribution in [-0.4, -0.2) is 30.2 Å². The molecule has 0 aromatic carbocycles. The average Bonchev–Trinajstić information content (AvgIpc) is 2.36. The molecule has 4 nitrogen and oxygen atoms in total. The highest BCUT2D eigenvalue weighted by Gasteiger charge is 2.41. The van der Waals surface area contributed by atoms with Gasteiger partial charge in [-0.25, -0.2) is 0 Å². The van der Waals surface area contributed by atoms with Crippen LogP contribution in [0.2, 0.25) is 0 Å². The zero-order valence-corrected chi connectivity index (χ0v) is 10.9. The van der Waals surface area contributed by atoms with Crippen LogP contribution in [0.15, 0.2) is 0 Å². The molecule has 94 valence electrons. The van der Waals surface area contributed by atoms with Crippen molar-refractivity contribution in [1.82, 2.24) is 5.32 Å². The Morgan fingerprint density at radius 1 is 1.31 bits per heavy atom. The molecule has 0 bridgehead atoms. The Morgan fingerprint density at radius 3 is 2.25 bits per heavy atom. The number of amides is 1. The van der Waals surface area contributed by atoms with Gasteiger partial charge in [0.25, 0.3) is 0 Å². The summed E-state index contributed by atoms with van der Waals surface area (Å²) in [5.74, 6) is 0.260. The molecule has 1 aliphatic heterocycles. The fourth-order valence-corrected chi connectivity index (χ4v) is 2.15. The van der Waals surface area contributed by atoms with Crippen LogP contribution in [-0.2, 0) is 9.53 Å². The van der Waals surface area contributed by atoms with Crippen molar-refractivity contribution in [2.45, 2.75) is 52.4 Å². The number of nitrogens with one attached hydrogen (secondary N) is 1. The summed E-state index contributed by atoms with van der Waals surface area (Å²) in [6.45, 7) is 10.3. The third-order valence-electron chi connectivity index (χ3n) is 3.26. The first-order valence-corrected chi connectivity index (χ1v) is 5.94. The maximum Gasteiger partial charge on any atom is 0.226 e. The molecule has 0 saturated carbocycles. The number of carbonyl (C=O) groups excluding carboxylic acids is 1. The minimum Gasteiger partial charge on any atom is -0.374 e. The van der Waals surface area contributed by atoms with Gasteiger partial charge in [0, 0.05) is 12.1 Å². The molecule has 4 atom stereocenters. The van der Waals surface area contributed by atoms with E-state index in [1.807, 2.05) is 27.7 Å². The van der Waals surface area contributed by atoms with E-state index < -0.39 is 0 Å². The van der Waals surface area contributed by atoms with E-state index in [4.69, 9.17) is 10.5 Å². The second-order valence-electron chi connectivity index (χ2n) is 5.64. The molecule has 0 aliphatic carbocycles. The maximum absolute atomic E-state index is 12.0. The summed E-state index contributed by atoms with van der Waals surface area (Å²) in [4.78, 5) is 12.0. The van der Waals surface area contributed by atoms with Crippen molar-refractivity contribution in [3.05, 3.63) is 0 Å². The lowest BCUT2D eigenvalue weighted by Crippen LogP contribution is -2.48. The predicted molar refractivity (Wildman–Crippen MR) is 63.9 cm³/mol. The molecule has 4 heteroatoms. The lowest BCUT2D eigenvalue weighted by Gasteiger charge is -2.23. The summed E-state index contributed by atoms with van der Waals surface area (Å²) < 4.78 is 5.65. The zero-order chi connectivity index (χ0) is 12.5. The molecule has 1 saturated heterocycles. The number of hydrogen-bond acceptors (Lipinski definition) is 3. The van der Waals surface area contributed by atoms with E-state index in [2.05, 4.69) is 12.2 Å². The molecular formula is C12H24N2O2. The molecule has 1 heterocycles. The van der Waals surface area contributed by atoms with Crippen molar-refractivity contribution in [3.63, 3.8) is 0 Å². The van der Waals surface area contributed by atoms with Gasteiger partial charge in [-0.1, -0.05) is 6.92 Å². The highest BCUT2D eigenvalue weighted by molar-refractivity contribution is 5.80. The molecule has 0 aromatic rings. The minimum absolute atomic E-state index is 0.00844. The van der Waals surface area contributed by atoms with Crippen molar-refractivity contribution < 1.29 is 9.53 Å². The number of hydrogen-bond donors (Lipinski definition) is 2. The Bertz CT molecular complexity index is 260. The molecule has 3 N–H and O–H groups in total. The fraction of sp³-hybridized carbons (Fsp3) is 0.917. The number of ether oxygens (including phenoxy) is 1. The lowest BCUT2D eigenvalue weighted by molar-refractivity contribution is -0.127. The Kier molecular flexibility index (Phi) is 3.97. The van der Waals surface area contributed by atoms with Crippen LogP contribution in [0, 0.1) is 11.8 Å². The van der Waals surface area contributed by atoms with E-state index in [-0.39, 0.29) is 35.5 Å². The van der Waals surface area contributed by atoms with Gasteiger partial charge in [-0.2, -0.15) is 0 Å². The number of nitrogens with two attached hydrogens (primary N) is 1. The summed E-state index contributed by atoms with van der Waals surface area (Å²) in [7, 11) is 0. The highest BCUT2D eigenvalue weighted by atomic mass is 16.5. The van der Waals surface area contributed by atoms with Gasteiger partial charge in [0.15, 0.2) is 0 Å². The summed E-state index contributed by atoms with van der Waals surface area (Å²) in [6, 6.07) is 0. The Morgan fingerprint density at radius 2 is 1.88 bits per heavy atom. The smallest absolute Gasteiger partial charge is 0.226 e. The van der Waals surface area contributed by atoms with Crippen molar-refractivity contribution >= 4 is 5.91 Å².